The molecular formula is C30H26N2. The highest BCUT2D eigenvalue weighted by molar-refractivity contribution is 6.42. The van der Waals surface area contributed by atoms with Crippen molar-refractivity contribution in [2.24, 2.45) is 0 Å². The summed E-state index contributed by atoms with van der Waals surface area (Å²) >= 11 is 0. The lowest BCUT2D eigenvalue weighted by atomic mass is 9.85. The van der Waals surface area contributed by atoms with E-state index in [9.17, 15) is 0 Å². The molecule has 0 spiro atoms. The highest BCUT2D eigenvalue weighted by atomic mass is 14.5. The second-order valence-electron chi connectivity index (χ2n) is 7.76. The number of hydrogen-bond acceptors (Lipinski definition) is 2. The van der Waals surface area contributed by atoms with Crippen LogP contribution in [0.25, 0.3) is 11.1 Å². The van der Waals surface area contributed by atoms with Crippen molar-refractivity contribution in [3.8, 4) is 0 Å². The van der Waals surface area contributed by atoms with Crippen LogP contribution in [0.5, 0.6) is 0 Å². The van der Waals surface area contributed by atoms with Crippen LogP contribution in [0.15, 0.2) is 121 Å². The van der Waals surface area contributed by atoms with Crippen molar-refractivity contribution in [3.05, 3.63) is 144 Å². The highest BCUT2D eigenvalue weighted by Crippen LogP contribution is 2.30. The second kappa shape index (κ2) is 10.3. The summed E-state index contributed by atoms with van der Waals surface area (Å²) in [6.45, 7) is 0. The van der Waals surface area contributed by atoms with Gasteiger partial charge in [-0.05, 0) is 22.3 Å². The third kappa shape index (κ3) is 5.16. The second-order valence-corrected chi connectivity index (χ2v) is 7.76. The molecule has 0 aliphatic rings. The molecular weight excluding hydrogens is 388 g/mol. The number of hydrogen-bond donors (Lipinski definition) is 2. The van der Waals surface area contributed by atoms with E-state index in [4.69, 9.17) is 10.8 Å². The van der Waals surface area contributed by atoms with Gasteiger partial charge >= 0.3 is 0 Å². The Hall–Kier alpha value is -4.04. The lowest BCUT2D eigenvalue weighted by Crippen LogP contribution is -2.14. The molecule has 4 aromatic rings. The summed E-state index contributed by atoms with van der Waals surface area (Å²) in [7, 11) is 0. The average Bonchev–Trinajstić information content (AvgIpc) is 2.84. The van der Waals surface area contributed by atoms with Gasteiger partial charge in [0, 0.05) is 35.4 Å². The predicted octanol–water partition coefficient (Wildman–Crippen LogP) is 7.12. The molecule has 0 bridgehead atoms. The van der Waals surface area contributed by atoms with Gasteiger partial charge in [-0.25, -0.2) is 0 Å². The van der Waals surface area contributed by atoms with Gasteiger partial charge in [0.05, 0.1) is 0 Å². The van der Waals surface area contributed by atoms with Crippen LogP contribution in [0.2, 0.25) is 0 Å². The van der Waals surface area contributed by atoms with Crippen molar-refractivity contribution in [3.63, 3.8) is 0 Å². The molecule has 0 heterocycles. The van der Waals surface area contributed by atoms with Gasteiger partial charge in [0.1, 0.15) is 0 Å². The van der Waals surface area contributed by atoms with E-state index in [1.54, 1.807) is 0 Å². The third-order valence-electron chi connectivity index (χ3n) is 5.43. The molecule has 0 aromatic heterocycles. The van der Waals surface area contributed by atoms with E-state index in [0.717, 1.165) is 33.4 Å². The smallest absolute Gasteiger partial charge is 0.0442 e. The molecule has 0 aliphatic heterocycles. The van der Waals surface area contributed by atoms with Crippen molar-refractivity contribution < 1.29 is 0 Å². The van der Waals surface area contributed by atoms with Crippen molar-refractivity contribution in [2.45, 2.75) is 12.8 Å². The fraction of sp³-hybridized carbons (Fsp3) is 0.0667. The summed E-state index contributed by atoms with van der Waals surface area (Å²) < 4.78 is 0. The molecule has 2 nitrogen and oxygen atoms in total. The average molecular weight is 415 g/mol. The SMILES string of the molecule is N=C(Cc1ccccc1)C(=C(C(=N)Cc1ccccc1)c1ccccc1)c1ccccc1. The first-order valence-electron chi connectivity index (χ1n) is 10.8. The Bertz CT molecular complexity index is 1110. The van der Waals surface area contributed by atoms with Crippen LogP contribution in [0.3, 0.4) is 0 Å². The van der Waals surface area contributed by atoms with Crippen LogP contribution in [0.4, 0.5) is 0 Å². The van der Waals surface area contributed by atoms with E-state index < -0.39 is 0 Å². The van der Waals surface area contributed by atoms with Gasteiger partial charge in [0.15, 0.2) is 0 Å². The Labute approximate surface area is 189 Å². The first-order chi connectivity index (χ1) is 15.7. The fourth-order valence-corrected chi connectivity index (χ4v) is 3.93. The Morgan fingerprint density at radius 2 is 0.688 bits per heavy atom. The molecule has 0 fully saturated rings. The van der Waals surface area contributed by atoms with Gasteiger partial charge in [0.25, 0.3) is 0 Å². The topological polar surface area (TPSA) is 47.7 Å². The summed E-state index contributed by atoms with van der Waals surface area (Å²) in [6, 6.07) is 40.3. The van der Waals surface area contributed by atoms with E-state index in [-0.39, 0.29) is 0 Å². The lowest BCUT2D eigenvalue weighted by molar-refractivity contribution is 1.28. The van der Waals surface area contributed by atoms with E-state index in [0.29, 0.717) is 24.3 Å². The van der Waals surface area contributed by atoms with Gasteiger partial charge in [-0.3, -0.25) is 0 Å². The van der Waals surface area contributed by atoms with Crippen molar-refractivity contribution in [2.75, 3.05) is 0 Å². The lowest BCUT2D eigenvalue weighted by Gasteiger charge is -2.19. The third-order valence-corrected chi connectivity index (χ3v) is 5.43. The molecule has 0 atom stereocenters. The molecule has 0 aliphatic carbocycles. The molecule has 0 amide bonds. The molecule has 2 heteroatoms. The Kier molecular flexibility index (Phi) is 6.84. The minimum absolute atomic E-state index is 0.513. The summed E-state index contributed by atoms with van der Waals surface area (Å²) in [5.74, 6) is 0. The molecule has 0 saturated carbocycles. The number of allylic oxidation sites excluding steroid dienone is 2. The van der Waals surface area contributed by atoms with Gasteiger partial charge < -0.3 is 10.8 Å². The number of rotatable bonds is 8. The van der Waals surface area contributed by atoms with E-state index in [1.807, 2.05) is 97.1 Å². The molecule has 32 heavy (non-hydrogen) atoms. The number of nitrogens with one attached hydrogen (secondary N) is 2. The first kappa shape index (κ1) is 21.2. The molecule has 156 valence electrons. The first-order valence-corrected chi connectivity index (χ1v) is 10.8. The zero-order valence-electron chi connectivity index (χ0n) is 18.0. The summed E-state index contributed by atoms with van der Waals surface area (Å²) in [6.07, 6.45) is 1.03. The standard InChI is InChI=1S/C30H26N2/c31-27(21-23-13-5-1-6-14-23)29(25-17-9-3-10-18-25)30(26-19-11-4-12-20-26)28(32)22-24-15-7-2-8-16-24/h1-20,31-32H,21-22H2. The molecule has 0 radical (unpaired) electrons. The fourth-order valence-electron chi connectivity index (χ4n) is 3.93. The summed E-state index contributed by atoms with van der Waals surface area (Å²) in [4.78, 5) is 0. The summed E-state index contributed by atoms with van der Waals surface area (Å²) in [5.41, 5.74) is 6.78. The van der Waals surface area contributed by atoms with Gasteiger partial charge in [-0.15, -0.1) is 0 Å². The predicted molar refractivity (Wildman–Crippen MR) is 135 cm³/mol. The number of benzene rings is 4. The zero-order chi connectivity index (χ0) is 22.2. The maximum absolute atomic E-state index is 9.12. The van der Waals surface area contributed by atoms with Crippen LogP contribution in [0.1, 0.15) is 22.3 Å². The molecule has 0 unspecified atom stereocenters. The van der Waals surface area contributed by atoms with Crippen molar-refractivity contribution in [1.29, 1.82) is 10.8 Å². The summed E-state index contributed by atoms with van der Waals surface area (Å²) in [5, 5.41) is 18.2. The van der Waals surface area contributed by atoms with Gasteiger partial charge in [0.2, 0.25) is 0 Å². The maximum atomic E-state index is 9.12. The van der Waals surface area contributed by atoms with Crippen molar-refractivity contribution in [1.82, 2.24) is 0 Å². The normalized spacial score (nSPS) is 11.5. The monoisotopic (exact) mass is 414 g/mol. The van der Waals surface area contributed by atoms with Gasteiger partial charge in [-0.2, -0.15) is 0 Å². The van der Waals surface area contributed by atoms with Crippen LogP contribution in [-0.2, 0) is 12.8 Å². The maximum Gasteiger partial charge on any atom is 0.0442 e. The van der Waals surface area contributed by atoms with E-state index in [1.165, 1.54) is 0 Å². The van der Waals surface area contributed by atoms with Gasteiger partial charge in [-0.1, -0.05) is 121 Å². The molecule has 4 rings (SSSR count). The largest absolute Gasteiger partial charge is 0.304 e. The van der Waals surface area contributed by atoms with Crippen LogP contribution in [0, 0.1) is 10.8 Å². The van der Waals surface area contributed by atoms with Crippen molar-refractivity contribution >= 4 is 22.6 Å². The van der Waals surface area contributed by atoms with Crippen LogP contribution in [-0.4, -0.2) is 11.4 Å². The minimum atomic E-state index is 0.513. The van der Waals surface area contributed by atoms with E-state index in [2.05, 4.69) is 24.3 Å². The van der Waals surface area contributed by atoms with Crippen LogP contribution < -0.4 is 0 Å². The quantitative estimate of drug-likeness (QED) is 0.228. The molecule has 2 N–H and O–H groups in total. The Morgan fingerprint density at radius 1 is 0.406 bits per heavy atom. The molecule has 0 saturated heterocycles. The van der Waals surface area contributed by atoms with Crippen LogP contribution >= 0.6 is 0 Å². The Morgan fingerprint density at radius 3 is 1.00 bits per heavy atom. The Balaban J connectivity index is 1.86. The van der Waals surface area contributed by atoms with E-state index >= 15 is 0 Å². The highest BCUT2D eigenvalue weighted by Gasteiger charge is 2.20. The minimum Gasteiger partial charge on any atom is -0.304 e. The zero-order valence-corrected chi connectivity index (χ0v) is 18.0. The molecule has 4 aromatic carbocycles.